The zero-order chi connectivity index (χ0) is 18.6. The number of amides is 2. The van der Waals surface area contributed by atoms with E-state index >= 15 is 0 Å². The first kappa shape index (κ1) is 18.8. The molecular formula is C21H28N2O3S. The van der Waals surface area contributed by atoms with Crippen molar-refractivity contribution in [2.45, 2.75) is 37.0 Å². The Morgan fingerprint density at radius 2 is 1.85 bits per heavy atom. The second-order valence-electron chi connectivity index (χ2n) is 7.67. The molecule has 1 aromatic carbocycles. The molecule has 3 fully saturated rings. The van der Waals surface area contributed by atoms with Crippen LogP contribution in [0.1, 0.15) is 36.5 Å². The second kappa shape index (κ2) is 8.65. The van der Waals surface area contributed by atoms with Gasteiger partial charge in [0.25, 0.3) is 0 Å². The monoisotopic (exact) mass is 388 g/mol. The lowest BCUT2D eigenvalue weighted by atomic mass is 10.1. The molecular weight excluding hydrogens is 360 g/mol. The Kier molecular flexibility index (Phi) is 6.03. The lowest BCUT2D eigenvalue weighted by Gasteiger charge is -2.31. The first-order valence-electron chi connectivity index (χ1n) is 10.0. The van der Waals surface area contributed by atoms with Crippen LogP contribution >= 0.6 is 11.8 Å². The highest BCUT2D eigenvalue weighted by atomic mass is 32.2. The predicted octanol–water partition coefficient (Wildman–Crippen LogP) is 2.72. The molecule has 0 aromatic heterocycles. The highest BCUT2D eigenvalue weighted by molar-refractivity contribution is 7.99. The van der Waals surface area contributed by atoms with Crippen LogP contribution in [0.3, 0.4) is 0 Å². The zero-order valence-electron chi connectivity index (χ0n) is 15.7. The summed E-state index contributed by atoms with van der Waals surface area (Å²) in [6.45, 7) is 3.60. The minimum Gasteiger partial charge on any atom is -0.381 e. The maximum Gasteiger partial charge on any atom is 0.228 e. The molecule has 27 heavy (non-hydrogen) atoms. The third-order valence-electron chi connectivity index (χ3n) is 5.96. The Morgan fingerprint density at radius 1 is 1.07 bits per heavy atom. The van der Waals surface area contributed by atoms with Crippen molar-refractivity contribution < 1.29 is 14.3 Å². The molecule has 5 nitrogen and oxygen atoms in total. The summed E-state index contributed by atoms with van der Waals surface area (Å²) in [5.41, 5.74) is 1.35. The summed E-state index contributed by atoms with van der Waals surface area (Å²) >= 11 is 1.94. The van der Waals surface area contributed by atoms with E-state index in [1.54, 1.807) is 0 Å². The van der Waals surface area contributed by atoms with Gasteiger partial charge >= 0.3 is 0 Å². The lowest BCUT2D eigenvalue weighted by molar-refractivity contribution is -0.135. The van der Waals surface area contributed by atoms with Gasteiger partial charge in [-0.15, -0.1) is 0 Å². The van der Waals surface area contributed by atoms with E-state index in [0.717, 1.165) is 51.3 Å². The van der Waals surface area contributed by atoms with Crippen LogP contribution in [0.2, 0.25) is 0 Å². The average molecular weight is 389 g/mol. The predicted molar refractivity (Wildman–Crippen MR) is 106 cm³/mol. The number of likely N-dealkylation sites (tertiary alicyclic amines) is 1. The summed E-state index contributed by atoms with van der Waals surface area (Å²) in [4.78, 5) is 29.5. The zero-order valence-corrected chi connectivity index (χ0v) is 16.5. The molecule has 3 aliphatic heterocycles. The largest absolute Gasteiger partial charge is 0.381 e. The third kappa shape index (κ3) is 4.32. The van der Waals surface area contributed by atoms with Gasteiger partial charge in [0.2, 0.25) is 11.8 Å². The molecule has 3 heterocycles. The Hall–Kier alpha value is -1.53. The Bertz CT molecular complexity index is 663. The van der Waals surface area contributed by atoms with Gasteiger partial charge in [-0.2, -0.15) is 11.8 Å². The van der Waals surface area contributed by atoms with Crippen molar-refractivity contribution in [3.8, 4) is 0 Å². The summed E-state index contributed by atoms with van der Waals surface area (Å²) in [7, 11) is 0. The molecule has 2 unspecified atom stereocenters. The minimum atomic E-state index is -0.168. The van der Waals surface area contributed by atoms with Gasteiger partial charge in [0.05, 0.1) is 5.92 Å². The van der Waals surface area contributed by atoms with Crippen molar-refractivity contribution in [3.63, 3.8) is 0 Å². The van der Waals surface area contributed by atoms with Gasteiger partial charge in [0, 0.05) is 56.3 Å². The van der Waals surface area contributed by atoms with Gasteiger partial charge in [0.1, 0.15) is 0 Å². The van der Waals surface area contributed by atoms with Crippen LogP contribution in [0.15, 0.2) is 30.3 Å². The molecule has 3 saturated heterocycles. The van der Waals surface area contributed by atoms with Crippen molar-refractivity contribution in [2.24, 2.45) is 5.92 Å². The average Bonchev–Trinajstić information content (AvgIpc) is 2.94. The van der Waals surface area contributed by atoms with Crippen LogP contribution in [0.4, 0.5) is 0 Å². The van der Waals surface area contributed by atoms with Crippen LogP contribution in [-0.2, 0) is 14.3 Å². The number of rotatable bonds is 3. The van der Waals surface area contributed by atoms with Crippen molar-refractivity contribution in [1.82, 2.24) is 9.80 Å². The summed E-state index contributed by atoms with van der Waals surface area (Å²) in [5, 5.41) is 0.452. The number of nitrogens with zero attached hydrogens (tertiary/aromatic N) is 2. The van der Waals surface area contributed by atoms with Gasteiger partial charge in [-0.25, -0.2) is 0 Å². The number of hydrogen-bond acceptors (Lipinski definition) is 4. The van der Waals surface area contributed by atoms with Crippen molar-refractivity contribution in [1.29, 1.82) is 0 Å². The van der Waals surface area contributed by atoms with Crippen molar-refractivity contribution in [2.75, 3.05) is 38.6 Å². The first-order valence-corrected chi connectivity index (χ1v) is 11.1. The molecule has 4 rings (SSSR count). The van der Waals surface area contributed by atoms with E-state index in [4.69, 9.17) is 4.74 Å². The smallest absolute Gasteiger partial charge is 0.228 e. The summed E-state index contributed by atoms with van der Waals surface area (Å²) in [6, 6.07) is 10.8. The van der Waals surface area contributed by atoms with Crippen LogP contribution < -0.4 is 0 Å². The molecule has 0 bridgehead atoms. The van der Waals surface area contributed by atoms with E-state index in [1.165, 1.54) is 5.56 Å². The van der Waals surface area contributed by atoms with Crippen LogP contribution in [0.5, 0.6) is 0 Å². The van der Waals surface area contributed by atoms with E-state index in [2.05, 4.69) is 24.3 Å². The maximum atomic E-state index is 13.1. The molecule has 0 spiro atoms. The van der Waals surface area contributed by atoms with Crippen LogP contribution in [0.25, 0.3) is 0 Å². The number of carbonyl (C=O) groups excluding carboxylic acids is 2. The SMILES string of the molecule is O=C(C1CC(=O)N(C2CCOCC2)C1)N1CCSC(c2ccccc2)CC1. The van der Waals surface area contributed by atoms with Crippen molar-refractivity contribution >= 4 is 23.6 Å². The number of benzene rings is 1. The summed E-state index contributed by atoms with van der Waals surface area (Å²) in [6.07, 6.45) is 3.14. The Labute approximate surface area is 165 Å². The molecule has 3 aliphatic rings. The highest BCUT2D eigenvalue weighted by Gasteiger charge is 2.40. The topological polar surface area (TPSA) is 49.9 Å². The number of carbonyl (C=O) groups is 2. The second-order valence-corrected chi connectivity index (χ2v) is 8.99. The molecule has 0 saturated carbocycles. The Balaban J connectivity index is 1.35. The summed E-state index contributed by atoms with van der Waals surface area (Å²) in [5.74, 6) is 1.10. The molecule has 0 N–H and O–H groups in total. The van der Waals surface area contributed by atoms with Gasteiger partial charge in [0.15, 0.2) is 0 Å². The van der Waals surface area contributed by atoms with Gasteiger partial charge in [-0.3, -0.25) is 9.59 Å². The van der Waals surface area contributed by atoms with E-state index in [1.807, 2.05) is 27.6 Å². The van der Waals surface area contributed by atoms with Gasteiger partial charge in [-0.1, -0.05) is 30.3 Å². The fraction of sp³-hybridized carbons (Fsp3) is 0.619. The molecule has 0 radical (unpaired) electrons. The highest BCUT2D eigenvalue weighted by Crippen LogP contribution is 2.35. The fourth-order valence-corrected chi connectivity index (χ4v) is 5.66. The Morgan fingerprint density at radius 3 is 2.63 bits per heavy atom. The normalized spacial score (nSPS) is 27.6. The molecule has 0 aliphatic carbocycles. The fourth-order valence-electron chi connectivity index (χ4n) is 4.43. The number of hydrogen-bond donors (Lipinski definition) is 0. The van der Waals surface area contributed by atoms with Crippen LogP contribution in [0, 0.1) is 5.92 Å². The van der Waals surface area contributed by atoms with Gasteiger partial charge < -0.3 is 14.5 Å². The van der Waals surface area contributed by atoms with Gasteiger partial charge in [-0.05, 0) is 24.8 Å². The van der Waals surface area contributed by atoms with E-state index in [9.17, 15) is 9.59 Å². The quantitative estimate of drug-likeness (QED) is 0.799. The molecule has 2 atom stereocenters. The number of thioether (sulfide) groups is 1. The maximum absolute atomic E-state index is 13.1. The molecule has 1 aromatic rings. The molecule has 2 amide bonds. The van der Waals surface area contributed by atoms with E-state index in [-0.39, 0.29) is 23.8 Å². The summed E-state index contributed by atoms with van der Waals surface area (Å²) < 4.78 is 5.41. The minimum absolute atomic E-state index is 0.145. The van der Waals surface area contributed by atoms with Crippen LogP contribution in [-0.4, -0.2) is 66.3 Å². The number of ether oxygens (including phenoxy) is 1. The van der Waals surface area contributed by atoms with E-state index in [0.29, 0.717) is 18.2 Å². The molecule has 146 valence electrons. The standard InChI is InChI=1S/C21H28N2O3S/c24-20-14-17(15-23(20)18-7-11-26-12-8-18)21(25)22-9-6-19(27-13-10-22)16-4-2-1-3-5-16/h1-5,17-19H,6-15H2. The lowest BCUT2D eigenvalue weighted by Crippen LogP contribution is -2.42. The third-order valence-corrected chi connectivity index (χ3v) is 7.29. The van der Waals surface area contributed by atoms with E-state index < -0.39 is 0 Å². The molecule has 6 heteroatoms. The van der Waals surface area contributed by atoms with Crippen molar-refractivity contribution in [3.05, 3.63) is 35.9 Å². The first-order chi connectivity index (χ1) is 13.2.